The van der Waals surface area contributed by atoms with E-state index in [4.69, 9.17) is 16.3 Å². The molecule has 2 fully saturated rings. The highest BCUT2D eigenvalue weighted by Gasteiger charge is 2.71. The van der Waals surface area contributed by atoms with Gasteiger partial charge in [0.05, 0.1) is 28.6 Å². The Morgan fingerprint density at radius 2 is 1.87 bits per heavy atom. The summed E-state index contributed by atoms with van der Waals surface area (Å²) < 4.78 is 6.68. The molecule has 0 saturated carbocycles. The van der Waals surface area contributed by atoms with Gasteiger partial charge in [0.2, 0.25) is 11.8 Å². The molecule has 0 bridgehead atoms. The van der Waals surface area contributed by atoms with Crippen molar-refractivity contribution in [3.05, 3.63) is 53.1 Å². The minimum Gasteiger partial charge on any atom is -0.396 e. The van der Waals surface area contributed by atoms with Crippen molar-refractivity contribution in [1.82, 2.24) is 9.80 Å². The number of rotatable bonds is 8. The molecule has 0 aliphatic carbocycles. The first kappa shape index (κ1) is 26.9. The van der Waals surface area contributed by atoms with Crippen molar-refractivity contribution in [3.8, 4) is 0 Å². The fraction of sp³-hybridized carbons (Fsp3) is 0.552. The van der Waals surface area contributed by atoms with E-state index in [1.807, 2.05) is 50.3 Å². The molecule has 1 aromatic rings. The fourth-order valence-corrected chi connectivity index (χ4v) is 6.96. The van der Waals surface area contributed by atoms with Gasteiger partial charge in [-0.25, -0.2) is 0 Å². The van der Waals surface area contributed by atoms with Gasteiger partial charge in [-0.1, -0.05) is 55.0 Å². The van der Waals surface area contributed by atoms with Crippen molar-refractivity contribution < 1.29 is 24.2 Å². The Kier molecular flexibility index (Phi) is 7.67. The number of carbonyl (C=O) groups is 3. The average Bonchev–Trinajstić information content (AvgIpc) is 3.20. The average molecular weight is 542 g/mol. The predicted octanol–water partition coefficient (Wildman–Crippen LogP) is 3.10. The predicted molar refractivity (Wildman–Crippen MR) is 145 cm³/mol. The number of aliphatic hydroxyl groups excluding tert-OH is 1. The number of para-hydroxylation sites is 1. The van der Waals surface area contributed by atoms with Crippen LogP contribution in [-0.4, -0.2) is 83.2 Å². The zero-order valence-corrected chi connectivity index (χ0v) is 22.8. The van der Waals surface area contributed by atoms with Gasteiger partial charge >= 0.3 is 0 Å². The number of carbonyl (C=O) groups excluding carboxylic acids is 3. The van der Waals surface area contributed by atoms with Gasteiger partial charge in [0.25, 0.3) is 5.91 Å². The van der Waals surface area contributed by atoms with Crippen LogP contribution in [0.15, 0.2) is 42.5 Å². The number of nitrogens with zero attached hydrogens (tertiary/aromatic N) is 3. The van der Waals surface area contributed by atoms with Crippen LogP contribution in [0, 0.1) is 18.8 Å². The largest absolute Gasteiger partial charge is 0.396 e. The second-order valence-electron chi connectivity index (χ2n) is 10.6. The molecule has 4 aliphatic heterocycles. The number of amides is 3. The van der Waals surface area contributed by atoms with Crippen molar-refractivity contribution in [2.24, 2.45) is 11.8 Å². The number of anilines is 1. The number of fused-ring (bicyclic) bond motifs is 2. The van der Waals surface area contributed by atoms with Gasteiger partial charge in [-0.3, -0.25) is 14.4 Å². The zero-order valence-electron chi connectivity index (χ0n) is 22.0. The highest BCUT2D eigenvalue weighted by Crippen LogP contribution is 2.54. The molecule has 3 amide bonds. The van der Waals surface area contributed by atoms with Crippen LogP contribution in [0.5, 0.6) is 0 Å². The number of ether oxygens (including phenoxy) is 1. The molecule has 1 aromatic carbocycles. The molecule has 0 aromatic heterocycles. The normalized spacial score (nSPS) is 30.4. The molecule has 2 saturated heterocycles. The molecule has 1 N–H and O–H groups in total. The van der Waals surface area contributed by atoms with Gasteiger partial charge in [0, 0.05) is 32.8 Å². The van der Waals surface area contributed by atoms with Crippen LogP contribution in [0.4, 0.5) is 5.69 Å². The first-order chi connectivity index (χ1) is 18.4. The van der Waals surface area contributed by atoms with Gasteiger partial charge in [0.15, 0.2) is 0 Å². The maximum atomic E-state index is 14.4. The molecule has 0 radical (unpaired) electrons. The number of hydrogen-bond acceptors (Lipinski definition) is 5. The molecule has 1 unspecified atom stereocenters. The maximum absolute atomic E-state index is 14.4. The summed E-state index contributed by atoms with van der Waals surface area (Å²) in [7, 11) is 0. The minimum atomic E-state index is -1.25. The summed E-state index contributed by atoms with van der Waals surface area (Å²) >= 11 is 6.59. The standard InChI is InChI=1S/C29H36ClN3O5/c1-3-14-31-15-8-12-21-22(26(31)35)23-27(36)33(16-5-4-6-18-34)25-28(37)32(17-9-13-29(23,25)38-21)24-19(2)10-7-11-20(24)30/h7-13,21-23,25,34H,3-6,14-18H2,1-2H3/t21-,22+,23+,25?,29+/m1/s1. The Morgan fingerprint density at radius 3 is 2.61 bits per heavy atom. The van der Waals surface area contributed by atoms with Crippen molar-refractivity contribution in [3.63, 3.8) is 0 Å². The SMILES string of the molecule is CCCN1CC=C[C@H]2O[C@]34C=CCN(c5c(C)cccc5Cl)C(=O)C3N(CCCCCO)C(=O)[C@@H]4[C@H]2C1=O. The highest BCUT2D eigenvalue weighted by molar-refractivity contribution is 6.34. The fourth-order valence-electron chi connectivity index (χ4n) is 6.64. The molecular formula is C29H36ClN3O5. The first-order valence-corrected chi connectivity index (χ1v) is 14.0. The van der Waals surface area contributed by atoms with Crippen molar-refractivity contribution >= 4 is 35.0 Å². The quantitative estimate of drug-likeness (QED) is 0.403. The van der Waals surface area contributed by atoms with Gasteiger partial charge in [-0.2, -0.15) is 0 Å². The Bertz CT molecular complexity index is 1150. The van der Waals surface area contributed by atoms with Crippen LogP contribution in [0.2, 0.25) is 5.02 Å². The molecule has 38 heavy (non-hydrogen) atoms. The number of benzene rings is 1. The lowest BCUT2D eigenvalue weighted by atomic mass is 9.77. The summed E-state index contributed by atoms with van der Waals surface area (Å²) in [6.45, 7) is 5.72. The summed E-state index contributed by atoms with van der Waals surface area (Å²) in [6, 6.07) is 4.59. The van der Waals surface area contributed by atoms with Crippen molar-refractivity contribution in [2.75, 3.05) is 37.7 Å². The van der Waals surface area contributed by atoms with E-state index in [1.165, 1.54) is 0 Å². The van der Waals surface area contributed by atoms with E-state index in [0.717, 1.165) is 18.4 Å². The number of aliphatic hydroxyl groups is 1. The Balaban J connectivity index is 1.58. The molecule has 5 rings (SSSR count). The van der Waals surface area contributed by atoms with Crippen LogP contribution < -0.4 is 4.90 Å². The van der Waals surface area contributed by atoms with Gasteiger partial charge in [-0.15, -0.1) is 0 Å². The summed E-state index contributed by atoms with van der Waals surface area (Å²) in [4.78, 5) is 47.5. The third kappa shape index (κ3) is 4.27. The number of aryl methyl sites for hydroxylation is 1. The van der Waals surface area contributed by atoms with Gasteiger partial charge in [0.1, 0.15) is 11.6 Å². The van der Waals surface area contributed by atoms with E-state index in [2.05, 4.69) is 0 Å². The van der Waals surface area contributed by atoms with Crippen LogP contribution in [0.1, 0.15) is 38.2 Å². The lowest BCUT2D eigenvalue weighted by Crippen LogP contribution is -2.55. The number of hydrogen-bond donors (Lipinski definition) is 1. The third-order valence-corrected chi connectivity index (χ3v) is 8.56. The van der Waals surface area contributed by atoms with E-state index in [-0.39, 0.29) is 30.9 Å². The molecule has 8 nitrogen and oxygen atoms in total. The third-order valence-electron chi connectivity index (χ3n) is 8.25. The molecular weight excluding hydrogens is 506 g/mol. The van der Waals surface area contributed by atoms with Crippen LogP contribution in [0.25, 0.3) is 0 Å². The lowest BCUT2D eigenvalue weighted by Gasteiger charge is -2.36. The van der Waals surface area contributed by atoms with E-state index in [9.17, 15) is 19.5 Å². The number of likely N-dealkylation sites (tertiary alicyclic amines) is 1. The van der Waals surface area contributed by atoms with Crippen LogP contribution in [-0.2, 0) is 19.1 Å². The number of unbranched alkanes of at least 4 members (excludes halogenated alkanes) is 2. The van der Waals surface area contributed by atoms with E-state index in [1.54, 1.807) is 20.8 Å². The molecule has 9 heteroatoms. The topological polar surface area (TPSA) is 90.4 Å². The summed E-state index contributed by atoms with van der Waals surface area (Å²) in [5.74, 6) is -2.06. The summed E-state index contributed by atoms with van der Waals surface area (Å²) in [6.07, 6.45) is 9.77. The van der Waals surface area contributed by atoms with Crippen LogP contribution >= 0.6 is 11.6 Å². The summed E-state index contributed by atoms with van der Waals surface area (Å²) in [5.41, 5.74) is 0.227. The second kappa shape index (κ2) is 10.8. The molecule has 4 heterocycles. The monoisotopic (exact) mass is 541 g/mol. The highest BCUT2D eigenvalue weighted by atomic mass is 35.5. The Morgan fingerprint density at radius 1 is 1.05 bits per heavy atom. The van der Waals surface area contributed by atoms with E-state index < -0.39 is 29.6 Å². The van der Waals surface area contributed by atoms with Gasteiger partial charge in [-0.05, 0) is 44.2 Å². The molecule has 204 valence electrons. The maximum Gasteiger partial charge on any atom is 0.253 e. The van der Waals surface area contributed by atoms with Gasteiger partial charge < -0.3 is 24.5 Å². The first-order valence-electron chi connectivity index (χ1n) is 13.6. The number of halogens is 1. The molecule has 4 aliphatic rings. The summed E-state index contributed by atoms with van der Waals surface area (Å²) in [5, 5.41) is 9.70. The molecule has 5 atom stereocenters. The van der Waals surface area contributed by atoms with Crippen LogP contribution in [0.3, 0.4) is 0 Å². The molecule has 1 spiro atoms. The second-order valence-corrected chi connectivity index (χ2v) is 11.0. The minimum absolute atomic E-state index is 0.0755. The zero-order chi connectivity index (χ0) is 27.0. The van der Waals surface area contributed by atoms with Crippen molar-refractivity contribution in [2.45, 2.75) is 57.3 Å². The lowest BCUT2D eigenvalue weighted by molar-refractivity contribution is -0.144. The smallest absolute Gasteiger partial charge is 0.253 e. The Hall–Kier alpha value is -2.68. The van der Waals surface area contributed by atoms with E-state index in [0.29, 0.717) is 43.2 Å². The Labute approximate surface area is 228 Å². The van der Waals surface area contributed by atoms with Crippen molar-refractivity contribution in [1.29, 1.82) is 0 Å². The van der Waals surface area contributed by atoms with E-state index >= 15 is 0 Å².